The van der Waals surface area contributed by atoms with Crippen LogP contribution in [0.5, 0.6) is 5.75 Å². The minimum Gasteiger partial charge on any atom is -0.463 e. The number of benzene rings is 7. The Morgan fingerprint density at radius 1 is 0.641 bits per heavy atom. The van der Waals surface area contributed by atoms with Gasteiger partial charge in [0.15, 0.2) is 17.2 Å². The van der Waals surface area contributed by atoms with Gasteiger partial charge in [-0.3, -0.25) is 9.59 Å². The summed E-state index contributed by atoms with van der Waals surface area (Å²) in [4.78, 5) is 52.7. The molecule has 8 aromatic rings. The van der Waals surface area contributed by atoms with E-state index in [1.54, 1.807) is 26.0 Å². The third-order valence-electron chi connectivity index (χ3n) is 16.4. The molecule has 0 atom stereocenters. The van der Waals surface area contributed by atoms with Crippen molar-refractivity contribution in [2.24, 2.45) is 0 Å². The number of halogens is 2. The molecule has 3 heterocycles. The van der Waals surface area contributed by atoms with Gasteiger partial charge in [-0.15, -0.1) is 0 Å². The lowest BCUT2D eigenvalue weighted by atomic mass is 9.78. The fourth-order valence-electron chi connectivity index (χ4n) is 13.2. The summed E-state index contributed by atoms with van der Waals surface area (Å²) in [5.41, 5.74) is 10.7. The number of ketones is 1. The van der Waals surface area contributed by atoms with E-state index in [1.165, 1.54) is 44.0 Å². The van der Waals surface area contributed by atoms with Gasteiger partial charge in [-0.2, -0.15) is 0 Å². The second-order valence-corrected chi connectivity index (χ2v) is 21.0. The van der Waals surface area contributed by atoms with Crippen LogP contribution >= 0.6 is 0 Å². The standard InChI is InChI=1S/C66H59BF2N2O7/c1-5-76-58(73)35-33-55-45-17-7-9-19-53(45)65-64(66-54-20-10-8-18-46(54)56(34-36-59(74)77-6-2)71(66)67(68,69)70(55)65)61-39(3)37-43(38-40(61)4)41-27-29-44(30-28-41)78-60(75)26-14-25-57(72)47-31-32-52-50-22-12-16-42-15-11-21-49(62(42)50)51-24-13-23-48(47)63(51)52/h11-13,15-16,21-24,27-38H,5-10,14,17-20,25-26H2,1-4H3/b35-33+,36-34+. The molecule has 0 N–H and O–H groups in total. The van der Waals surface area contributed by atoms with Crippen molar-refractivity contribution in [2.75, 3.05) is 13.2 Å². The molecule has 2 aliphatic heterocycles. The molecular formula is C66H59BF2N2O7. The fourth-order valence-corrected chi connectivity index (χ4v) is 13.2. The van der Waals surface area contributed by atoms with E-state index < -0.39 is 24.9 Å². The molecule has 12 rings (SSSR count). The predicted molar refractivity (Wildman–Crippen MR) is 305 cm³/mol. The number of Topliss-reactive ketones (excluding diaryl/α,β-unsaturated/α-hetero) is 1. The first-order valence-corrected chi connectivity index (χ1v) is 27.5. The Kier molecular flexibility index (Phi) is 13.1. The summed E-state index contributed by atoms with van der Waals surface area (Å²) in [6.07, 6.45) is 11.8. The number of ether oxygens (including phenoxy) is 3. The molecule has 4 aliphatic rings. The van der Waals surface area contributed by atoms with Crippen molar-refractivity contribution >= 4 is 91.1 Å². The number of allylic oxidation sites excluding steroid dienone is 3. The molecule has 0 amide bonds. The zero-order valence-electron chi connectivity index (χ0n) is 44.4. The first-order chi connectivity index (χ1) is 37.9. The van der Waals surface area contributed by atoms with Gasteiger partial charge in [0.2, 0.25) is 0 Å². The molecule has 0 bridgehead atoms. The zero-order chi connectivity index (χ0) is 54.0. The van der Waals surface area contributed by atoms with E-state index in [4.69, 9.17) is 14.2 Å². The van der Waals surface area contributed by atoms with Crippen molar-refractivity contribution in [3.8, 4) is 16.9 Å². The number of esters is 3. The average Bonchev–Trinajstić information content (AvgIpc) is 3.93. The van der Waals surface area contributed by atoms with Gasteiger partial charge in [-0.1, -0.05) is 91.0 Å². The molecule has 9 nitrogen and oxygen atoms in total. The average molecular weight is 1040 g/mol. The van der Waals surface area contributed by atoms with Crippen molar-refractivity contribution in [1.29, 1.82) is 0 Å². The van der Waals surface area contributed by atoms with Gasteiger partial charge < -0.3 is 31.8 Å². The predicted octanol–water partition coefficient (Wildman–Crippen LogP) is 14.7. The fraction of sp³-hybridized carbons (Fsp3) is 0.258. The Morgan fingerprint density at radius 2 is 1.23 bits per heavy atom. The van der Waals surface area contributed by atoms with Gasteiger partial charge in [-0.25, -0.2) is 9.59 Å². The molecule has 392 valence electrons. The molecule has 78 heavy (non-hydrogen) atoms. The summed E-state index contributed by atoms with van der Waals surface area (Å²) < 4.78 is 55.2. The number of fused-ring (bicyclic) bond motifs is 7. The highest BCUT2D eigenvalue weighted by atomic mass is 19.2. The Hall–Kier alpha value is -8.25. The van der Waals surface area contributed by atoms with Gasteiger partial charge in [0.25, 0.3) is 0 Å². The monoisotopic (exact) mass is 1040 g/mol. The number of rotatable bonds is 14. The van der Waals surface area contributed by atoms with Gasteiger partial charge in [0.1, 0.15) is 5.75 Å². The van der Waals surface area contributed by atoms with Crippen LogP contribution in [0.1, 0.15) is 121 Å². The summed E-state index contributed by atoms with van der Waals surface area (Å²) in [6.45, 7) is 3.19. The van der Waals surface area contributed by atoms with Crippen LogP contribution in [0, 0.1) is 13.8 Å². The van der Waals surface area contributed by atoms with Gasteiger partial charge in [0.05, 0.1) is 18.8 Å². The lowest BCUT2D eigenvalue weighted by Gasteiger charge is -2.35. The number of hydrogen-bond acceptors (Lipinski definition) is 7. The van der Waals surface area contributed by atoms with E-state index in [1.807, 2.05) is 44.2 Å². The van der Waals surface area contributed by atoms with Crippen LogP contribution in [0.4, 0.5) is 8.63 Å². The number of carbonyl (C=O) groups is 4. The summed E-state index contributed by atoms with van der Waals surface area (Å²) in [5, 5.41) is 8.95. The SMILES string of the molecule is CCOC(=O)/C=C/C1=[N+]2C(=C(c3c(C)cc(-c4ccc(OC(=O)CCCC(=O)c5ccc6c7cccc8cccc(c9cccc5c96)c87)cc4)cc3C)c3c4c(c(/C=C/C(=O)OCC)n3[B-]2(F)F)CCCC4)C2=C1CCCC2. The lowest BCUT2D eigenvalue weighted by molar-refractivity contribution is -0.362. The van der Waals surface area contributed by atoms with Crippen molar-refractivity contribution in [3.05, 3.63) is 183 Å². The molecule has 12 heteroatoms. The normalized spacial score (nSPS) is 16.0. The first kappa shape index (κ1) is 50.6. The lowest BCUT2D eigenvalue weighted by Crippen LogP contribution is -2.52. The maximum Gasteiger partial charge on any atom is 0.737 e. The Morgan fingerprint density at radius 3 is 1.91 bits per heavy atom. The van der Waals surface area contributed by atoms with Crippen LogP contribution in [0.2, 0.25) is 0 Å². The molecular weight excluding hydrogens is 982 g/mol. The van der Waals surface area contributed by atoms with E-state index in [-0.39, 0.29) is 31.8 Å². The molecule has 1 aromatic heterocycles. The number of aromatic nitrogens is 1. The van der Waals surface area contributed by atoms with Crippen LogP contribution in [0.3, 0.4) is 0 Å². The van der Waals surface area contributed by atoms with Gasteiger partial charge in [0, 0.05) is 59.2 Å². The highest BCUT2D eigenvalue weighted by Gasteiger charge is 2.58. The highest BCUT2D eigenvalue weighted by molar-refractivity contribution is 6.59. The van der Waals surface area contributed by atoms with Crippen LogP contribution in [0.15, 0.2) is 138 Å². The van der Waals surface area contributed by atoms with Crippen molar-refractivity contribution in [2.45, 2.75) is 98.3 Å². The number of hydrogen-bond donors (Lipinski definition) is 0. The van der Waals surface area contributed by atoms with Gasteiger partial charge in [-0.05, 0) is 186 Å². The zero-order valence-corrected chi connectivity index (χ0v) is 44.4. The van der Waals surface area contributed by atoms with E-state index in [9.17, 15) is 19.2 Å². The molecule has 2 aliphatic carbocycles. The largest absolute Gasteiger partial charge is 0.737 e. The molecule has 0 unspecified atom stereocenters. The minimum absolute atomic E-state index is 0.0206. The second kappa shape index (κ2) is 20.3. The number of nitrogens with zero attached hydrogens (tertiary/aromatic N) is 2. The molecule has 7 aromatic carbocycles. The van der Waals surface area contributed by atoms with Crippen molar-refractivity contribution < 1.29 is 46.5 Å². The Bertz CT molecular complexity index is 3950. The molecule has 0 spiro atoms. The third kappa shape index (κ3) is 8.47. The third-order valence-corrected chi connectivity index (χ3v) is 16.4. The van der Waals surface area contributed by atoms with Crippen molar-refractivity contribution in [3.63, 3.8) is 0 Å². The summed E-state index contributed by atoms with van der Waals surface area (Å²) in [7, 11) is 0. The summed E-state index contributed by atoms with van der Waals surface area (Å²) in [5.74, 6) is -1.27. The first-order valence-electron chi connectivity index (χ1n) is 27.5. The molecule has 0 saturated carbocycles. The topological polar surface area (TPSA) is 104 Å². The van der Waals surface area contributed by atoms with E-state index in [2.05, 4.69) is 60.7 Å². The minimum atomic E-state index is -4.58. The smallest absolute Gasteiger partial charge is 0.463 e. The second-order valence-electron chi connectivity index (χ2n) is 21.0. The van der Waals surface area contributed by atoms with Crippen LogP contribution in [0.25, 0.3) is 65.9 Å². The molecule has 0 radical (unpaired) electrons. The van der Waals surface area contributed by atoms with E-state index in [0.29, 0.717) is 66.2 Å². The van der Waals surface area contributed by atoms with Crippen LogP contribution in [-0.2, 0) is 36.7 Å². The van der Waals surface area contributed by atoms with E-state index in [0.717, 1.165) is 114 Å². The summed E-state index contributed by atoms with van der Waals surface area (Å²) >= 11 is 0. The number of aryl methyl sites for hydroxylation is 2. The molecule has 0 saturated heterocycles. The van der Waals surface area contributed by atoms with Crippen LogP contribution in [-0.4, -0.2) is 58.6 Å². The Balaban J connectivity index is 0.835. The van der Waals surface area contributed by atoms with Gasteiger partial charge >= 0.3 is 24.9 Å². The van der Waals surface area contributed by atoms with E-state index >= 15 is 8.63 Å². The maximum absolute atomic E-state index is 18.2. The quantitative estimate of drug-likeness (QED) is 0.0203. The van der Waals surface area contributed by atoms with Crippen molar-refractivity contribution in [1.82, 2.24) is 4.48 Å². The molecule has 0 fully saturated rings. The maximum atomic E-state index is 18.2. The summed E-state index contributed by atoms with van der Waals surface area (Å²) in [6, 6.07) is 34.4. The highest BCUT2D eigenvalue weighted by Crippen LogP contribution is 2.52. The number of carbonyl (C=O) groups excluding carboxylic acids is 4. The van der Waals surface area contributed by atoms with Crippen LogP contribution < -0.4 is 4.74 Å². The Labute approximate surface area is 451 Å².